The lowest BCUT2D eigenvalue weighted by atomic mass is 9.89. The van der Waals surface area contributed by atoms with Crippen molar-refractivity contribution in [3.05, 3.63) is 34.9 Å². The molecule has 0 spiro atoms. The second-order valence-corrected chi connectivity index (χ2v) is 6.34. The van der Waals surface area contributed by atoms with Crippen LogP contribution < -0.4 is 5.32 Å². The maximum absolute atomic E-state index is 11.9. The molecular formula is C17H27NO2. The Hall–Kier alpha value is -1.35. The summed E-state index contributed by atoms with van der Waals surface area (Å²) in [5.41, 5.74) is 3.68. The quantitative estimate of drug-likeness (QED) is 0.805. The van der Waals surface area contributed by atoms with Gasteiger partial charge in [0.05, 0.1) is 0 Å². The van der Waals surface area contributed by atoms with Crippen molar-refractivity contribution in [3.8, 4) is 0 Å². The predicted molar refractivity (Wildman–Crippen MR) is 82.7 cm³/mol. The van der Waals surface area contributed by atoms with E-state index in [2.05, 4.69) is 37.4 Å². The fraction of sp³-hybridized carbons (Fsp3) is 0.588. The normalized spacial score (nSPS) is 11.4. The summed E-state index contributed by atoms with van der Waals surface area (Å²) >= 11 is 0. The molecule has 3 nitrogen and oxygen atoms in total. The van der Waals surface area contributed by atoms with Crippen LogP contribution >= 0.6 is 0 Å². The van der Waals surface area contributed by atoms with Crippen molar-refractivity contribution in [2.24, 2.45) is 5.41 Å². The third-order valence-corrected chi connectivity index (χ3v) is 3.67. The van der Waals surface area contributed by atoms with Crippen molar-refractivity contribution in [2.75, 3.05) is 13.2 Å². The van der Waals surface area contributed by atoms with Crippen molar-refractivity contribution in [2.45, 2.75) is 47.0 Å². The Morgan fingerprint density at radius 2 is 2.00 bits per heavy atom. The zero-order valence-corrected chi connectivity index (χ0v) is 13.1. The summed E-state index contributed by atoms with van der Waals surface area (Å²) in [7, 11) is 0. The summed E-state index contributed by atoms with van der Waals surface area (Å²) in [4.78, 5) is 11.9. The van der Waals surface area contributed by atoms with Gasteiger partial charge >= 0.3 is 0 Å². The largest absolute Gasteiger partial charge is 0.396 e. The lowest BCUT2D eigenvalue weighted by molar-refractivity contribution is -0.121. The maximum atomic E-state index is 11.9. The van der Waals surface area contributed by atoms with E-state index in [4.69, 9.17) is 5.11 Å². The molecule has 2 N–H and O–H groups in total. The molecule has 1 rings (SSSR count). The molecule has 3 heteroatoms. The van der Waals surface area contributed by atoms with Crippen LogP contribution in [0.25, 0.3) is 0 Å². The zero-order valence-electron chi connectivity index (χ0n) is 13.1. The summed E-state index contributed by atoms with van der Waals surface area (Å²) in [6.07, 6.45) is 1.99. The van der Waals surface area contributed by atoms with Crippen molar-refractivity contribution in [3.63, 3.8) is 0 Å². The number of nitrogens with one attached hydrogen (secondary N) is 1. The molecule has 0 bridgehead atoms. The first-order valence-electron chi connectivity index (χ1n) is 7.28. The van der Waals surface area contributed by atoms with E-state index < -0.39 is 0 Å². The minimum atomic E-state index is -0.0514. The van der Waals surface area contributed by atoms with E-state index in [1.807, 2.05) is 13.8 Å². The van der Waals surface area contributed by atoms with Gasteiger partial charge in [-0.2, -0.15) is 0 Å². The molecule has 20 heavy (non-hydrogen) atoms. The Morgan fingerprint density at radius 1 is 1.30 bits per heavy atom. The fourth-order valence-electron chi connectivity index (χ4n) is 2.19. The fourth-order valence-corrected chi connectivity index (χ4v) is 2.19. The summed E-state index contributed by atoms with van der Waals surface area (Å²) in [6, 6.07) is 6.34. The van der Waals surface area contributed by atoms with Crippen molar-refractivity contribution >= 4 is 5.91 Å². The summed E-state index contributed by atoms with van der Waals surface area (Å²) in [6.45, 7) is 9.03. The first kappa shape index (κ1) is 16.7. The van der Waals surface area contributed by atoms with Crippen molar-refractivity contribution < 1.29 is 9.90 Å². The van der Waals surface area contributed by atoms with Gasteiger partial charge in [0.25, 0.3) is 0 Å². The van der Waals surface area contributed by atoms with Gasteiger partial charge in [-0.3, -0.25) is 4.79 Å². The van der Waals surface area contributed by atoms with Crippen LogP contribution in [0.1, 0.15) is 43.4 Å². The SMILES string of the molecule is Cc1ccc(CCC(=O)NCC(C)(C)CCO)c(C)c1. The number of aliphatic hydroxyl groups is 1. The van der Waals surface area contributed by atoms with Crippen LogP contribution in [0.4, 0.5) is 0 Å². The highest BCUT2D eigenvalue weighted by Crippen LogP contribution is 2.18. The summed E-state index contributed by atoms with van der Waals surface area (Å²) in [5, 5.41) is 11.9. The predicted octanol–water partition coefficient (Wildman–Crippen LogP) is 2.76. The Bertz CT molecular complexity index is 452. The Kier molecular flexibility index (Phi) is 6.21. The molecule has 0 saturated heterocycles. The van der Waals surface area contributed by atoms with Crippen LogP contribution in [0.15, 0.2) is 18.2 Å². The molecule has 0 saturated carbocycles. The van der Waals surface area contributed by atoms with Crippen LogP contribution in [0.3, 0.4) is 0 Å². The first-order valence-corrected chi connectivity index (χ1v) is 7.28. The Balaban J connectivity index is 2.40. The molecule has 0 aliphatic carbocycles. The number of carbonyl (C=O) groups excluding carboxylic acids is 1. The first-order chi connectivity index (χ1) is 9.34. The van der Waals surface area contributed by atoms with E-state index in [9.17, 15) is 4.79 Å². The second-order valence-electron chi connectivity index (χ2n) is 6.34. The third kappa shape index (κ3) is 5.74. The topological polar surface area (TPSA) is 49.3 Å². The molecule has 1 aromatic rings. The van der Waals surface area contributed by atoms with Crippen molar-refractivity contribution in [1.82, 2.24) is 5.32 Å². The molecule has 0 radical (unpaired) electrons. The molecule has 1 aromatic carbocycles. The highest BCUT2D eigenvalue weighted by Gasteiger charge is 2.17. The molecule has 112 valence electrons. The minimum Gasteiger partial charge on any atom is -0.396 e. The van der Waals surface area contributed by atoms with Gasteiger partial charge in [0.1, 0.15) is 0 Å². The van der Waals surface area contributed by atoms with Crippen LogP contribution in [0, 0.1) is 19.3 Å². The number of benzene rings is 1. The highest BCUT2D eigenvalue weighted by molar-refractivity contribution is 5.76. The Morgan fingerprint density at radius 3 is 2.60 bits per heavy atom. The average Bonchev–Trinajstić information content (AvgIpc) is 2.35. The van der Waals surface area contributed by atoms with Gasteiger partial charge in [0.2, 0.25) is 5.91 Å². The van der Waals surface area contributed by atoms with Crippen LogP contribution in [0.2, 0.25) is 0 Å². The molecule has 0 aliphatic heterocycles. The van der Waals surface area contributed by atoms with Crippen LogP contribution in [-0.2, 0) is 11.2 Å². The minimum absolute atomic E-state index is 0.0514. The number of amides is 1. The Labute approximate surface area is 122 Å². The maximum Gasteiger partial charge on any atom is 0.220 e. The number of rotatable bonds is 7. The van der Waals surface area contributed by atoms with Gasteiger partial charge < -0.3 is 10.4 Å². The molecule has 1 amide bonds. The number of aliphatic hydroxyl groups excluding tert-OH is 1. The van der Waals surface area contributed by atoms with E-state index >= 15 is 0 Å². The monoisotopic (exact) mass is 277 g/mol. The molecule has 0 aromatic heterocycles. The molecule has 0 unspecified atom stereocenters. The van der Waals surface area contributed by atoms with Crippen LogP contribution in [0.5, 0.6) is 0 Å². The molecule has 0 heterocycles. The second kappa shape index (κ2) is 7.44. The van der Waals surface area contributed by atoms with Gasteiger partial charge in [-0.05, 0) is 43.2 Å². The highest BCUT2D eigenvalue weighted by atomic mass is 16.3. The molecule has 0 aliphatic rings. The van der Waals surface area contributed by atoms with Gasteiger partial charge in [-0.15, -0.1) is 0 Å². The van der Waals surface area contributed by atoms with Gasteiger partial charge in [-0.25, -0.2) is 0 Å². The number of hydrogen-bond acceptors (Lipinski definition) is 2. The third-order valence-electron chi connectivity index (χ3n) is 3.67. The van der Waals surface area contributed by atoms with Gasteiger partial charge in [0, 0.05) is 19.6 Å². The lowest BCUT2D eigenvalue weighted by Gasteiger charge is -2.23. The standard InChI is InChI=1S/C17H27NO2/c1-13-5-6-15(14(2)11-13)7-8-16(20)18-12-17(3,4)9-10-19/h5-6,11,19H,7-10,12H2,1-4H3,(H,18,20). The van der Waals surface area contributed by atoms with Gasteiger partial charge in [-0.1, -0.05) is 37.6 Å². The van der Waals surface area contributed by atoms with E-state index in [1.54, 1.807) is 0 Å². The average molecular weight is 277 g/mol. The van der Waals surface area contributed by atoms with Gasteiger partial charge in [0.15, 0.2) is 0 Å². The summed E-state index contributed by atoms with van der Waals surface area (Å²) < 4.78 is 0. The smallest absolute Gasteiger partial charge is 0.220 e. The number of aryl methyl sites for hydroxylation is 3. The molecule has 0 atom stereocenters. The number of carbonyl (C=O) groups is 1. The van der Waals surface area contributed by atoms with E-state index in [0.29, 0.717) is 19.4 Å². The zero-order chi connectivity index (χ0) is 15.2. The van der Waals surface area contributed by atoms with Crippen molar-refractivity contribution in [1.29, 1.82) is 0 Å². The van der Waals surface area contributed by atoms with E-state index in [0.717, 1.165) is 6.42 Å². The van der Waals surface area contributed by atoms with E-state index in [1.165, 1.54) is 16.7 Å². The van der Waals surface area contributed by atoms with E-state index in [-0.39, 0.29) is 17.9 Å². The lowest BCUT2D eigenvalue weighted by Crippen LogP contribution is -2.34. The summed E-state index contributed by atoms with van der Waals surface area (Å²) in [5.74, 6) is 0.0796. The number of hydrogen-bond donors (Lipinski definition) is 2. The molecule has 0 fully saturated rings. The van der Waals surface area contributed by atoms with Crippen LogP contribution in [-0.4, -0.2) is 24.2 Å². The molecular weight excluding hydrogens is 250 g/mol.